The van der Waals surface area contributed by atoms with Crippen molar-refractivity contribution in [2.45, 2.75) is 56.7 Å². The number of ether oxygens (including phenoxy) is 2. The molecule has 2 fully saturated rings. The highest BCUT2D eigenvalue weighted by Crippen LogP contribution is 2.60. The summed E-state index contributed by atoms with van der Waals surface area (Å²) in [5.41, 5.74) is 1.73. The molecule has 8 nitrogen and oxygen atoms in total. The van der Waals surface area contributed by atoms with Gasteiger partial charge in [0.2, 0.25) is 5.91 Å². The Balaban J connectivity index is 1.57. The zero-order valence-electron chi connectivity index (χ0n) is 21.2. The molecule has 3 heterocycles. The molecule has 2 aromatic rings. The van der Waals surface area contributed by atoms with E-state index >= 15 is 0 Å². The number of hydrogen-bond donors (Lipinski definition) is 2. The number of fused-ring (bicyclic) bond motifs is 2. The summed E-state index contributed by atoms with van der Waals surface area (Å²) in [5.74, 6) is 0.256. The van der Waals surface area contributed by atoms with Gasteiger partial charge in [0.05, 0.1) is 25.4 Å². The van der Waals surface area contributed by atoms with Crippen LogP contribution in [0.1, 0.15) is 30.9 Å². The number of rotatable bonds is 7. The Morgan fingerprint density at radius 2 is 1.97 bits per heavy atom. The van der Waals surface area contributed by atoms with Crippen molar-refractivity contribution < 1.29 is 29.0 Å². The molecule has 0 saturated carbocycles. The normalized spacial score (nSPS) is 27.6. The van der Waals surface area contributed by atoms with E-state index in [-0.39, 0.29) is 29.9 Å². The first-order valence-corrected chi connectivity index (χ1v) is 15.5. The van der Waals surface area contributed by atoms with Gasteiger partial charge in [0, 0.05) is 42.3 Å². The minimum absolute atomic E-state index is 0.0840. The van der Waals surface area contributed by atoms with Gasteiger partial charge in [0.15, 0.2) is 13.9 Å². The largest absolute Gasteiger partial charge is 0.497 e. The van der Waals surface area contributed by atoms with Gasteiger partial charge in [-0.3, -0.25) is 9.59 Å². The average Bonchev–Trinajstić information content (AvgIpc) is 3.25. The molecule has 3 aliphatic heterocycles. The Hall–Kier alpha value is -2.72. The van der Waals surface area contributed by atoms with E-state index in [1.807, 2.05) is 62.5 Å². The first-order chi connectivity index (χ1) is 17.1. The number of aliphatic hydroxyl groups excluding tert-OH is 1. The van der Waals surface area contributed by atoms with Gasteiger partial charge in [-0.05, 0) is 55.4 Å². The molecule has 0 unspecified atom stereocenters. The number of amides is 2. The van der Waals surface area contributed by atoms with Crippen LogP contribution in [0.25, 0.3) is 0 Å². The number of aliphatic hydroxyl groups is 1. The molecule has 36 heavy (non-hydrogen) atoms. The topological polar surface area (TPSA) is 99.5 Å². The number of nitrogens with zero attached hydrogens (tertiary/aromatic N) is 2. The number of carbonyl (C=O) groups is 2. The molecule has 2 aromatic carbocycles. The lowest BCUT2D eigenvalue weighted by Crippen LogP contribution is -2.46. The van der Waals surface area contributed by atoms with Crippen LogP contribution in [0, 0.1) is 5.92 Å². The maximum absolute atomic E-state index is 14.3. The lowest BCUT2D eigenvalue weighted by atomic mass is 9.82. The summed E-state index contributed by atoms with van der Waals surface area (Å²) in [6, 6.07) is 13.3. The molecule has 9 heteroatoms. The molecule has 192 valence electrons. The van der Waals surface area contributed by atoms with Gasteiger partial charge in [0.25, 0.3) is 5.91 Å². The first kappa shape index (κ1) is 24.9. The third kappa shape index (κ3) is 3.76. The highest BCUT2D eigenvalue weighted by molar-refractivity contribution is 6.71. The van der Waals surface area contributed by atoms with Crippen LogP contribution >= 0.6 is 0 Å². The SMILES string of the molecule is COc1ccc2c(c1)[C@]1(O[C@@H](CCO)[C@H]([Si](C)(C)O)[C@H]1C)C(=O)N2Cc1cccc(N2CCC2=O)c1. The molecule has 3 aliphatic rings. The molecule has 0 radical (unpaired) electrons. The minimum Gasteiger partial charge on any atom is -0.497 e. The second kappa shape index (κ2) is 8.99. The maximum atomic E-state index is 14.3. The molecule has 2 amide bonds. The van der Waals surface area contributed by atoms with E-state index in [0.717, 1.165) is 22.5 Å². The van der Waals surface area contributed by atoms with E-state index < -0.39 is 20.0 Å². The van der Waals surface area contributed by atoms with Crippen LogP contribution in [0.2, 0.25) is 18.6 Å². The molecule has 4 atom stereocenters. The Bertz CT molecular complexity index is 1200. The molecule has 0 aromatic heterocycles. The highest BCUT2D eigenvalue weighted by atomic mass is 28.4. The number of benzene rings is 2. The van der Waals surface area contributed by atoms with E-state index in [4.69, 9.17) is 9.47 Å². The third-order valence-electron chi connectivity index (χ3n) is 8.02. The summed E-state index contributed by atoms with van der Waals surface area (Å²) in [4.78, 5) is 41.0. The van der Waals surface area contributed by atoms with E-state index in [1.165, 1.54) is 0 Å². The Kier molecular flexibility index (Phi) is 6.23. The second-order valence-electron chi connectivity index (χ2n) is 10.6. The maximum Gasteiger partial charge on any atom is 0.264 e. The van der Waals surface area contributed by atoms with Gasteiger partial charge in [-0.25, -0.2) is 0 Å². The van der Waals surface area contributed by atoms with Crippen molar-refractivity contribution in [3.8, 4) is 5.75 Å². The summed E-state index contributed by atoms with van der Waals surface area (Å²) in [6.07, 6.45) is 0.481. The Morgan fingerprint density at radius 3 is 2.58 bits per heavy atom. The number of β-lactam (4-membered cyclic amide) rings is 1. The Morgan fingerprint density at radius 1 is 1.19 bits per heavy atom. The second-order valence-corrected chi connectivity index (χ2v) is 14.6. The predicted molar refractivity (Wildman–Crippen MR) is 138 cm³/mol. The lowest BCUT2D eigenvalue weighted by Gasteiger charge is -2.32. The molecular weight excluding hydrogens is 476 g/mol. The van der Waals surface area contributed by atoms with Crippen molar-refractivity contribution in [3.63, 3.8) is 0 Å². The van der Waals surface area contributed by atoms with Gasteiger partial charge < -0.3 is 29.2 Å². The average molecular weight is 511 g/mol. The summed E-state index contributed by atoms with van der Waals surface area (Å²) in [7, 11) is -1.16. The number of methoxy groups -OCH3 is 1. The van der Waals surface area contributed by atoms with Crippen molar-refractivity contribution in [2.24, 2.45) is 5.92 Å². The van der Waals surface area contributed by atoms with Gasteiger partial charge >= 0.3 is 0 Å². The van der Waals surface area contributed by atoms with Crippen LogP contribution < -0.4 is 14.5 Å². The lowest BCUT2D eigenvalue weighted by molar-refractivity contribution is -0.146. The standard InChI is InChI=1S/C27H34N2O6Si/c1-17-25(36(3,4)33)23(11-13-30)35-27(17)21-15-20(34-2)8-9-22(21)29(26(27)32)16-18-6-5-7-19(14-18)28-12-10-24(28)31/h5-9,14-15,17,23,25,30,33H,10-13,16H2,1-4H3/t17-,23+,25-,27+/m1/s1. The van der Waals surface area contributed by atoms with E-state index in [9.17, 15) is 19.5 Å². The van der Waals surface area contributed by atoms with Gasteiger partial charge in [-0.15, -0.1) is 0 Å². The van der Waals surface area contributed by atoms with Crippen molar-refractivity contribution in [1.82, 2.24) is 0 Å². The van der Waals surface area contributed by atoms with Gasteiger partial charge in [0.1, 0.15) is 5.75 Å². The number of anilines is 2. The fourth-order valence-electron chi connectivity index (χ4n) is 6.33. The van der Waals surface area contributed by atoms with Crippen LogP contribution in [-0.2, 0) is 26.5 Å². The number of hydrogen-bond acceptors (Lipinski definition) is 6. The van der Waals surface area contributed by atoms with Gasteiger partial charge in [-0.2, -0.15) is 0 Å². The predicted octanol–water partition coefficient (Wildman–Crippen LogP) is 3.16. The van der Waals surface area contributed by atoms with Crippen LogP contribution in [0.4, 0.5) is 11.4 Å². The fourth-order valence-corrected chi connectivity index (χ4v) is 8.93. The molecule has 2 N–H and O–H groups in total. The summed E-state index contributed by atoms with van der Waals surface area (Å²) >= 11 is 0. The van der Waals surface area contributed by atoms with Crippen LogP contribution in [-0.4, -0.2) is 56.4 Å². The zero-order valence-corrected chi connectivity index (χ0v) is 22.2. The zero-order chi connectivity index (χ0) is 25.8. The number of carbonyl (C=O) groups excluding carboxylic acids is 2. The monoisotopic (exact) mass is 510 g/mol. The van der Waals surface area contributed by atoms with Crippen LogP contribution in [0.15, 0.2) is 42.5 Å². The summed E-state index contributed by atoms with van der Waals surface area (Å²) in [6.45, 7) is 6.66. The fraction of sp³-hybridized carbons (Fsp3) is 0.481. The molecule has 1 spiro atoms. The third-order valence-corrected chi connectivity index (χ3v) is 10.5. The highest BCUT2D eigenvalue weighted by Gasteiger charge is 2.66. The van der Waals surface area contributed by atoms with Crippen LogP contribution in [0.3, 0.4) is 0 Å². The van der Waals surface area contributed by atoms with E-state index in [0.29, 0.717) is 31.7 Å². The van der Waals surface area contributed by atoms with E-state index in [2.05, 4.69) is 0 Å². The molecule has 0 bridgehead atoms. The van der Waals surface area contributed by atoms with Crippen molar-refractivity contribution in [2.75, 3.05) is 30.1 Å². The van der Waals surface area contributed by atoms with Crippen molar-refractivity contribution in [3.05, 3.63) is 53.6 Å². The van der Waals surface area contributed by atoms with Crippen LogP contribution in [0.5, 0.6) is 5.75 Å². The molecular formula is C27H34N2O6Si. The Labute approximate surface area is 212 Å². The van der Waals surface area contributed by atoms with Crippen molar-refractivity contribution >= 4 is 31.5 Å². The smallest absolute Gasteiger partial charge is 0.264 e. The minimum atomic E-state index is -2.75. The van der Waals surface area contributed by atoms with Gasteiger partial charge in [-0.1, -0.05) is 19.1 Å². The summed E-state index contributed by atoms with van der Waals surface area (Å²) < 4.78 is 12.1. The molecule has 0 aliphatic carbocycles. The summed E-state index contributed by atoms with van der Waals surface area (Å²) in [5, 5.41) is 9.74. The van der Waals surface area contributed by atoms with Crippen molar-refractivity contribution in [1.29, 1.82) is 0 Å². The quantitative estimate of drug-likeness (QED) is 0.439. The molecule has 2 saturated heterocycles. The van der Waals surface area contributed by atoms with E-state index in [1.54, 1.807) is 16.9 Å². The first-order valence-electron chi connectivity index (χ1n) is 12.5. The molecule has 5 rings (SSSR count).